The van der Waals surface area contributed by atoms with Crippen LogP contribution in [0.3, 0.4) is 0 Å². The molecule has 2 fully saturated rings. The molecule has 4 amide bonds. The molecule has 278 valence electrons. The van der Waals surface area contributed by atoms with Gasteiger partial charge in [0.2, 0.25) is 20.0 Å². The first-order valence-electron chi connectivity index (χ1n) is 17.3. The van der Waals surface area contributed by atoms with Gasteiger partial charge >= 0.3 is 12.1 Å². The van der Waals surface area contributed by atoms with E-state index < -0.39 is 42.6 Å². The molecule has 15 heteroatoms. The van der Waals surface area contributed by atoms with Crippen molar-refractivity contribution >= 4 is 55.1 Å². The number of para-hydroxylation sites is 1. The molecule has 2 unspecified atom stereocenters. The number of hydrogen-bond donors (Lipinski definition) is 4. The van der Waals surface area contributed by atoms with Crippen molar-refractivity contribution in [3.05, 3.63) is 57.6 Å². The zero-order chi connectivity index (χ0) is 37.1. The highest BCUT2D eigenvalue weighted by atomic mass is 35.5. The summed E-state index contributed by atoms with van der Waals surface area (Å²) in [5.74, 6) is -0.0819. The third-order valence-corrected chi connectivity index (χ3v) is 13.4. The van der Waals surface area contributed by atoms with E-state index in [0.29, 0.717) is 55.4 Å². The Morgan fingerprint density at radius 1 is 0.740 bits per heavy atom. The number of amides is 4. The largest absolute Gasteiger partial charge is 0.332 e. The van der Waals surface area contributed by atoms with Gasteiger partial charge in [-0.05, 0) is 84.5 Å². The number of anilines is 2. The maximum atomic E-state index is 13.1. The van der Waals surface area contributed by atoms with E-state index in [1.165, 1.54) is 0 Å². The molecule has 0 aromatic heterocycles. The van der Waals surface area contributed by atoms with Gasteiger partial charge in [-0.1, -0.05) is 78.3 Å². The second-order valence-corrected chi connectivity index (χ2v) is 18.8. The number of carbonyl (C=O) groups excluding carboxylic acids is 2. The van der Waals surface area contributed by atoms with E-state index in [9.17, 15) is 26.4 Å². The lowest BCUT2D eigenvalue weighted by Crippen LogP contribution is -2.58. The van der Waals surface area contributed by atoms with Gasteiger partial charge in [0.05, 0.1) is 0 Å². The van der Waals surface area contributed by atoms with Gasteiger partial charge in [0.15, 0.2) is 0 Å². The smallest absolute Gasteiger partial charge is 0.307 e. The molecule has 2 aliphatic rings. The topological polar surface area (TPSA) is 157 Å². The van der Waals surface area contributed by atoms with Crippen LogP contribution in [0.1, 0.15) is 107 Å². The number of nitrogens with one attached hydrogen (secondary N) is 4. The van der Waals surface area contributed by atoms with Crippen LogP contribution >= 0.6 is 11.6 Å². The van der Waals surface area contributed by atoms with Crippen molar-refractivity contribution in [1.82, 2.24) is 19.2 Å². The van der Waals surface area contributed by atoms with Crippen LogP contribution in [-0.2, 0) is 20.0 Å². The predicted octanol–water partition coefficient (Wildman–Crippen LogP) is 6.19. The molecule has 0 radical (unpaired) electrons. The number of nitrogens with zero attached hydrogens (tertiary/aromatic N) is 2. The number of likely N-dealkylation sites (tertiary alicyclic amines) is 2. The van der Waals surface area contributed by atoms with E-state index in [0.717, 1.165) is 28.8 Å². The molecule has 2 heterocycles. The summed E-state index contributed by atoms with van der Waals surface area (Å²) in [5, 5.41) is 4.95. The average Bonchev–Trinajstić information content (AvgIpc) is 2.97. The second-order valence-electron chi connectivity index (χ2n) is 14.5. The summed E-state index contributed by atoms with van der Waals surface area (Å²) in [6.45, 7) is 16.3. The van der Waals surface area contributed by atoms with Gasteiger partial charge < -0.3 is 20.4 Å². The molecule has 2 aliphatic heterocycles. The van der Waals surface area contributed by atoms with Crippen LogP contribution in [0.25, 0.3) is 0 Å². The molecule has 0 bridgehead atoms. The van der Waals surface area contributed by atoms with E-state index >= 15 is 0 Å². The number of sulfonamides is 2. The van der Waals surface area contributed by atoms with Gasteiger partial charge in [0, 0.05) is 42.6 Å². The van der Waals surface area contributed by atoms with Crippen molar-refractivity contribution in [1.29, 1.82) is 0 Å². The quantitative estimate of drug-likeness (QED) is 0.178. The Bertz CT molecular complexity index is 1770. The van der Waals surface area contributed by atoms with E-state index in [4.69, 9.17) is 11.6 Å². The molecule has 0 saturated carbocycles. The van der Waals surface area contributed by atoms with Gasteiger partial charge in [0.25, 0.3) is 0 Å². The summed E-state index contributed by atoms with van der Waals surface area (Å²) in [6, 6.07) is 7.84. The van der Waals surface area contributed by atoms with Crippen LogP contribution in [0, 0.1) is 0 Å². The molecule has 2 saturated heterocycles. The summed E-state index contributed by atoms with van der Waals surface area (Å²) in [4.78, 5) is 30.1. The normalized spacial score (nSPS) is 17.6. The van der Waals surface area contributed by atoms with Gasteiger partial charge in [-0.2, -0.15) is 0 Å². The summed E-state index contributed by atoms with van der Waals surface area (Å²) >= 11 is 6.58. The molecule has 2 aromatic rings. The van der Waals surface area contributed by atoms with Crippen molar-refractivity contribution in [3.63, 3.8) is 0 Å². The van der Waals surface area contributed by atoms with Crippen LogP contribution in [0.15, 0.2) is 30.3 Å². The fourth-order valence-electron chi connectivity index (χ4n) is 6.59. The number of urea groups is 2. The molecular weight excluding hydrogens is 700 g/mol. The Labute approximate surface area is 303 Å². The van der Waals surface area contributed by atoms with Gasteiger partial charge in [-0.15, -0.1) is 0 Å². The molecule has 2 atom stereocenters. The van der Waals surface area contributed by atoms with E-state index in [1.807, 2.05) is 82.7 Å². The van der Waals surface area contributed by atoms with Crippen LogP contribution in [0.2, 0.25) is 5.02 Å². The number of halogens is 1. The third-order valence-electron chi connectivity index (χ3n) is 9.86. The highest BCUT2D eigenvalue weighted by Crippen LogP contribution is 2.40. The van der Waals surface area contributed by atoms with Crippen molar-refractivity contribution in [3.8, 4) is 0 Å². The average molecular weight is 753 g/mol. The zero-order valence-electron chi connectivity index (χ0n) is 30.3. The Hall–Kier alpha value is -2.91. The van der Waals surface area contributed by atoms with Crippen molar-refractivity contribution < 1.29 is 26.4 Å². The predicted molar refractivity (Wildman–Crippen MR) is 201 cm³/mol. The first-order valence-corrected chi connectivity index (χ1v) is 20.8. The maximum Gasteiger partial charge on any atom is 0.332 e. The highest BCUT2D eigenvalue weighted by molar-refractivity contribution is 7.91. The van der Waals surface area contributed by atoms with Crippen LogP contribution in [0.4, 0.5) is 21.0 Å². The highest BCUT2D eigenvalue weighted by Gasteiger charge is 2.38. The van der Waals surface area contributed by atoms with Crippen molar-refractivity contribution in [2.45, 2.75) is 95.5 Å². The minimum atomic E-state index is -3.84. The van der Waals surface area contributed by atoms with Gasteiger partial charge in [-0.3, -0.25) is 0 Å². The number of hydrogen-bond acceptors (Lipinski definition) is 8. The molecule has 12 nitrogen and oxygen atoms in total. The lowest BCUT2D eigenvalue weighted by molar-refractivity contribution is 0.194. The monoisotopic (exact) mass is 752 g/mol. The SMILES string of the molecule is CCN1CC(S(=O)(=O)NC(=O)Nc2c(C(C)C)cccc2C(C)CCC(C)c2cc(Cl)cc(C(C)C)c2NC(=O)NS(=O)(=O)C2CN(C)C2)C1. The molecule has 0 aliphatic carbocycles. The minimum Gasteiger partial charge on any atom is -0.307 e. The van der Waals surface area contributed by atoms with Crippen molar-refractivity contribution in [2.75, 3.05) is 50.4 Å². The van der Waals surface area contributed by atoms with Crippen LogP contribution in [0.5, 0.6) is 0 Å². The molecule has 4 N–H and O–H groups in total. The van der Waals surface area contributed by atoms with Gasteiger partial charge in [-0.25, -0.2) is 35.9 Å². The van der Waals surface area contributed by atoms with Crippen molar-refractivity contribution in [2.24, 2.45) is 0 Å². The van der Waals surface area contributed by atoms with Gasteiger partial charge in [0.1, 0.15) is 10.5 Å². The Balaban J connectivity index is 1.52. The molecule has 0 spiro atoms. The minimum absolute atomic E-state index is 0.0111. The Morgan fingerprint density at radius 2 is 1.18 bits per heavy atom. The number of carbonyl (C=O) groups is 2. The third kappa shape index (κ3) is 9.49. The van der Waals surface area contributed by atoms with Crippen LogP contribution < -0.4 is 20.1 Å². The lowest BCUT2D eigenvalue weighted by Gasteiger charge is -2.37. The van der Waals surface area contributed by atoms with E-state index in [1.54, 1.807) is 6.07 Å². The molecule has 50 heavy (non-hydrogen) atoms. The molecule has 4 rings (SSSR count). The Morgan fingerprint density at radius 3 is 1.66 bits per heavy atom. The zero-order valence-corrected chi connectivity index (χ0v) is 32.7. The molecular formula is C35H53ClN6O6S2. The first-order chi connectivity index (χ1) is 23.3. The standard InChI is InChI=1S/C35H53ClN6O6S2/c1-9-42-19-27(20-42)50(47,48)40-34(43)37-32-28(21(2)3)11-10-12-29(32)23(6)13-14-24(7)31-16-25(36)15-30(22(4)5)33(31)38-35(44)39-49(45,46)26-17-41(8)18-26/h10-12,15-16,21-24,26-27H,9,13-14,17-20H2,1-8H3,(H2,37,40,43)(H2,38,39,44). The summed E-state index contributed by atoms with van der Waals surface area (Å²) in [5.41, 5.74) is 4.51. The fourth-order valence-corrected chi connectivity index (χ4v) is 9.50. The Kier molecular flexibility index (Phi) is 12.9. The number of benzene rings is 2. The summed E-state index contributed by atoms with van der Waals surface area (Å²) in [6.07, 6.45) is 1.36. The lowest BCUT2D eigenvalue weighted by atomic mass is 9.85. The van der Waals surface area contributed by atoms with Crippen LogP contribution in [-0.4, -0.2) is 89.0 Å². The molecule has 2 aromatic carbocycles. The second kappa shape index (κ2) is 16.2. The first kappa shape index (κ1) is 39.9. The van der Waals surface area contributed by atoms with E-state index in [2.05, 4.69) is 27.0 Å². The van der Waals surface area contributed by atoms with E-state index in [-0.39, 0.29) is 23.7 Å². The fraction of sp³-hybridized carbons (Fsp3) is 0.600. The summed E-state index contributed by atoms with van der Waals surface area (Å²) in [7, 11) is -5.85. The maximum absolute atomic E-state index is 13.1. The number of rotatable bonds is 14. The summed E-state index contributed by atoms with van der Waals surface area (Å²) < 4.78 is 55.7.